The van der Waals surface area contributed by atoms with Gasteiger partial charge in [-0.3, -0.25) is 0 Å². The van der Waals surface area contributed by atoms with Crippen molar-refractivity contribution in [3.8, 4) is 0 Å². The van der Waals surface area contributed by atoms with Crippen molar-refractivity contribution in [3.63, 3.8) is 0 Å². The average Bonchev–Trinajstić information content (AvgIpc) is 2.85. The lowest BCUT2D eigenvalue weighted by atomic mass is 10.3. The number of imidazole rings is 1. The van der Waals surface area contributed by atoms with E-state index in [-0.39, 0.29) is 5.37 Å². The summed E-state index contributed by atoms with van der Waals surface area (Å²) in [4.78, 5) is 4.33. The first kappa shape index (κ1) is 13.0. The second-order valence-electron chi connectivity index (χ2n) is 3.61. The lowest BCUT2D eigenvalue weighted by Gasteiger charge is -2.17. The van der Waals surface area contributed by atoms with E-state index in [1.165, 1.54) is 23.9 Å². The molecule has 2 rings (SSSR count). The van der Waals surface area contributed by atoms with Crippen molar-refractivity contribution in [1.82, 2.24) is 9.55 Å². The van der Waals surface area contributed by atoms with Gasteiger partial charge in [0.15, 0.2) is 0 Å². The molecule has 0 saturated heterocycles. The lowest BCUT2D eigenvalue weighted by molar-refractivity contribution is 0.184. The molecule has 1 aromatic heterocycles. The molecule has 0 amide bonds. The molecule has 0 aliphatic rings. The summed E-state index contributed by atoms with van der Waals surface area (Å²) in [5.41, 5.74) is 0. The van der Waals surface area contributed by atoms with E-state index in [0.717, 1.165) is 6.07 Å². The molecule has 0 saturated carbocycles. The standard InChI is InChI=1S/C12H12F2N2OS/c1-17-7-12(16-5-4-15-8-16)18-11-3-2-9(13)6-10(11)14/h2-6,8,12H,7H2,1H3. The normalized spacial score (nSPS) is 12.6. The molecule has 0 bridgehead atoms. The minimum absolute atomic E-state index is 0.141. The Kier molecular flexibility index (Phi) is 4.33. The van der Waals surface area contributed by atoms with Crippen LogP contribution in [0.4, 0.5) is 8.78 Å². The van der Waals surface area contributed by atoms with Gasteiger partial charge in [0.2, 0.25) is 0 Å². The SMILES string of the molecule is COCC(Sc1ccc(F)cc1F)n1ccnc1. The summed E-state index contributed by atoms with van der Waals surface area (Å²) < 4.78 is 33.3. The molecule has 0 N–H and O–H groups in total. The van der Waals surface area contributed by atoms with Crippen LogP contribution in [-0.2, 0) is 4.74 Å². The summed E-state index contributed by atoms with van der Waals surface area (Å²) in [7, 11) is 1.57. The van der Waals surface area contributed by atoms with Crippen LogP contribution < -0.4 is 0 Å². The van der Waals surface area contributed by atoms with Gasteiger partial charge in [-0.05, 0) is 12.1 Å². The molecule has 3 nitrogen and oxygen atoms in total. The Bertz CT molecular complexity index is 505. The number of methoxy groups -OCH3 is 1. The Morgan fingerprint density at radius 1 is 1.44 bits per heavy atom. The van der Waals surface area contributed by atoms with Gasteiger partial charge in [-0.1, -0.05) is 11.8 Å². The molecule has 96 valence electrons. The predicted molar refractivity (Wildman–Crippen MR) is 65.4 cm³/mol. The van der Waals surface area contributed by atoms with E-state index >= 15 is 0 Å². The molecule has 0 aliphatic carbocycles. The van der Waals surface area contributed by atoms with E-state index in [9.17, 15) is 8.78 Å². The second-order valence-corrected chi connectivity index (χ2v) is 4.83. The molecule has 1 unspecified atom stereocenters. The molecular weight excluding hydrogens is 258 g/mol. The highest BCUT2D eigenvalue weighted by molar-refractivity contribution is 7.99. The molecule has 1 atom stereocenters. The topological polar surface area (TPSA) is 27.1 Å². The summed E-state index contributed by atoms with van der Waals surface area (Å²) >= 11 is 1.26. The average molecular weight is 270 g/mol. The van der Waals surface area contributed by atoms with Crippen LogP contribution in [0.15, 0.2) is 41.8 Å². The number of hydrogen-bond acceptors (Lipinski definition) is 3. The number of halogens is 2. The zero-order chi connectivity index (χ0) is 13.0. The fourth-order valence-corrected chi connectivity index (χ4v) is 2.54. The zero-order valence-corrected chi connectivity index (χ0v) is 10.5. The van der Waals surface area contributed by atoms with Crippen LogP contribution in [0.25, 0.3) is 0 Å². The van der Waals surface area contributed by atoms with Crippen molar-refractivity contribution >= 4 is 11.8 Å². The summed E-state index contributed by atoms with van der Waals surface area (Å²) in [6.45, 7) is 0.401. The number of hydrogen-bond donors (Lipinski definition) is 0. The van der Waals surface area contributed by atoms with Crippen LogP contribution in [0.3, 0.4) is 0 Å². The van der Waals surface area contributed by atoms with Gasteiger partial charge < -0.3 is 9.30 Å². The fourth-order valence-electron chi connectivity index (χ4n) is 1.48. The van der Waals surface area contributed by atoms with Gasteiger partial charge in [0.1, 0.15) is 17.0 Å². The number of thioether (sulfide) groups is 1. The Morgan fingerprint density at radius 3 is 2.89 bits per heavy atom. The molecule has 0 aliphatic heterocycles. The highest BCUT2D eigenvalue weighted by Gasteiger charge is 2.15. The third-order valence-corrected chi connectivity index (χ3v) is 3.56. The van der Waals surface area contributed by atoms with E-state index in [1.54, 1.807) is 25.8 Å². The van der Waals surface area contributed by atoms with Gasteiger partial charge in [0, 0.05) is 30.5 Å². The van der Waals surface area contributed by atoms with Crippen molar-refractivity contribution in [2.24, 2.45) is 0 Å². The summed E-state index contributed by atoms with van der Waals surface area (Å²) in [5.74, 6) is -1.15. The highest BCUT2D eigenvalue weighted by Crippen LogP contribution is 2.33. The molecule has 2 aromatic rings. The first-order chi connectivity index (χ1) is 8.70. The van der Waals surface area contributed by atoms with Crippen LogP contribution in [0.5, 0.6) is 0 Å². The van der Waals surface area contributed by atoms with Gasteiger partial charge in [-0.2, -0.15) is 0 Å². The monoisotopic (exact) mass is 270 g/mol. The van der Waals surface area contributed by atoms with E-state index in [2.05, 4.69) is 4.98 Å². The maximum absolute atomic E-state index is 13.6. The quantitative estimate of drug-likeness (QED) is 0.781. The van der Waals surface area contributed by atoms with Gasteiger partial charge in [0.25, 0.3) is 0 Å². The van der Waals surface area contributed by atoms with Crippen molar-refractivity contribution < 1.29 is 13.5 Å². The maximum Gasteiger partial charge on any atom is 0.139 e. The molecule has 0 fully saturated rings. The summed E-state index contributed by atoms with van der Waals surface area (Å²) in [6, 6.07) is 3.54. The van der Waals surface area contributed by atoms with Crippen LogP contribution in [-0.4, -0.2) is 23.3 Å². The smallest absolute Gasteiger partial charge is 0.139 e. The molecule has 1 aromatic carbocycles. The van der Waals surface area contributed by atoms with Gasteiger partial charge in [-0.15, -0.1) is 0 Å². The van der Waals surface area contributed by atoms with Crippen LogP contribution in [0.1, 0.15) is 5.37 Å². The first-order valence-corrected chi connectivity index (χ1v) is 6.16. The number of nitrogens with zero attached hydrogens (tertiary/aromatic N) is 2. The Morgan fingerprint density at radius 2 is 2.28 bits per heavy atom. The molecule has 6 heteroatoms. The Labute approximate surface area is 108 Å². The molecule has 0 radical (unpaired) electrons. The number of aromatic nitrogens is 2. The third-order valence-electron chi connectivity index (χ3n) is 2.32. The van der Waals surface area contributed by atoms with Crippen molar-refractivity contribution in [2.45, 2.75) is 10.3 Å². The zero-order valence-electron chi connectivity index (χ0n) is 9.72. The van der Waals surface area contributed by atoms with E-state index in [1.807, 2.05) is 4.57 Å². The molecule has 0 spiro atoms. The Balaban J connectivity index is 2.18. The predicted octanol–water partition coefficient (Wildman–Crippen LogP) is 3.10. The van der Waals surface area contributed by atoms with E-state index < -0.39 is 11.6 Å². The molecular formula is C12H12F2N2OS. The third kappa shape index (κ3) is 3.08. The van der Waals surface area contributed by atoms with Crippen molar-refractivity contribution in [1.29, 1.82) is 0 Å². The van der Waals surface area contributed by atoms with Gasteiger partial charge in [0.05, 0.1) is 12.9 Å². The number of ether oxygens (including phenoxy) is 1. The van der Waals surface area contributed by atoms with E-state index in [4.69, 9.17) is 4.74 Å². The van der Waals surface area contributed by atoms with Crippen LogP contribution in [0, 0.1) is 11.6 Å². The second kappa shape index (κ2) is 5.97. The number of benzene rings is 1. The fraction of sp³-hybridized carbons (Fsp3) is 0.250. The van der Waals surface area contributed by atoms with Crippen LogP contribution in [0.2, 0.25) is 0 Å². The first-order valence-electron chi connectivity index (χ1n) is 5.29. The minimum atomic E-state index is -0.581. The molecule has 18 heavy (non-hydrogen) atoms. The summed E-state index contributed by atoms with van der Waals surface area (Å²) in [5, 5.41) is -0.141. The Hall–Kier alpha value is -1.40. The number of rotatable bonds is 5. The van der Waals surface area contributed by atoms with Crippen molar-refractivity contribution in [3.05, 3.63) is 48.6 Å². The maximum atomic E-state index is 13.6. The van der Waals surface area contributed by atoms with Crippen LogP contribution >= 0.6 is 11.8 Å². The summed E-state index contributed by atoms with van der Waals surface area (Å²) in [6.07, 6.45) is 5.06. The van der Waals surface area contributed by atoms with E-state index in [0.29, 0.717) is 11.5 Å². The molecule has 1 heterocycles. The largest absolute Gasteiger partial charge is 0.382 e. The van der Waals surface area contributed by atoms with Gasteiger partial charge in [-0.25, -0.2) is 13.8 Å². The van der Waals surface area contributed by atoms with Gasteiger partial charge >= 0.3 is 0 Å². The minimum Gasteiger partial charge on any atom is -0.382 e. The lowest BCUT2D eigenvalue weighted by Crippen LogP contribution is -2.09. The van der Waals surface area contributed by atoms with Crippen molar-refractivity contribution in [2.75, 3.05) is 13.7 Å². The highest BCUT2D eigenvalue weighted by atomic mass is 32.2.